The summed E-state index contributed by atoms with van der Waals surface area (Å²) in [7, 11) is 0. The summed E-state index contributed by atoms with van der Waals surface area (Å²) >= 11 is 5.85. The van der Waals surface area contributed by atoms with E-state index in [4.69, 9.17) is 16.9 Å². The largest absolute Gasteiger partial charge is 0.377 e. The van der Waals surface area contributed by atoms with Crippen LogP contribution < -0.4 is 5.32 Å². The van der Waals surface area contributed by atoms with Gasteiger partial charge < -0.3 is 5.32 Å². The maximum Gasteiger partial charge on any atom is 0.140 e. The molecule has 1 aromatic carbocycles. The van der Waals surface area contributed by atoms with E-state index in [-0.39, 0.29) is 6.04 Å². The highest BCUT2D eigenvalue weighted by molar-refractivity contribution is 6.30. The van der Waals surface area contributed by atoms with Crippen LogP contribution in [0.1, 0.15) is 24.2 Å². The van der Waals surface area contributed by atoms with E-state index < -0.39 is 0 Å². The van der Waals surface area contributed by atoms with Crippen molar-refractivity contribution in [3.8, 4) is 6.07 Å². The molecule has 0 spiro atoms. The van der Waals surface area contributed by atoms with Crippen LogP contribution in [-0.2, 0) is 0 Å². The fourth-order valence-corrected chi connectivity index (χ4v) is 1.76. The van der Waals surface area contributed by atoms with E-state index >= 15 is 0 Å². The third-order valence-corrected chi connectivity index (χ3v) is 2.88. The Balaban J connectivity index is 2.08. The van der Waals surface area contributed by atoms with Crippen LogP contribution in [0, 0.1) is 11.3 Å². The van der Waals surface area contributed by atoms with Gasteiger partial charge in [0.2, 0.25) is 0 Å². The van der Waals surface area contributed by atoms with Gasteiger partial charge in [0.15, 0.2) is 0 Å². The van der Waals surface area contributed by atoms with E-state index in [1.165, 1.54) is 0 Å². The average molecular weight is 258 g/mol. The molecule has 0 saturated carbocycles. The molecule has 0 aliphatic carbocycles. The van der Waals surface area contributed by atoms with Crippen LogP contribution in [0.15, 0.2) is 42.6 Å². The second-order valence-electron chi connectivity index (χ2n) is 3.96. The maximum atomic E-state index is 8.67. The van der Waals surface area contributed by atoms with Gasteiger partial charge in [-0.15, -0.1) is 0 Å². The molecule has 0 aliphatic rings. The molecule has 1 N–H and O–H groups in total. The van der Waals surface area contributed by atoms with Crippen molar-refractivity contribution < 1.29 is 0 Å². The second kappa shape index (κ2) is 5.52. The van der Waals surface area contributed by atoms with Gasteiger partial charge in [0.25, 0.3) is 0 Å². The number of nitrogens with one attached hydrogen (secondary N) is 1. The van der Waals surface area contributed by atoms with Crippen LogP contribution >= 0.6 is 11.6 Å². The van der Waals surface area contributed by atoms with Crippen molar-refractivity contribution in [2.45, 2.75) is 13.0 Å². The number of pyridine rings is 1. The lowest BCUT2D eigenvalue weighted by Gasteiger charge is -2.15. The van der Waals surface area contributed by atoms with Gasteiger partial charge in [0.1, 0.15) is 11.8 Å². The first-order chi connectivity index (χ1) is 8.69. The Kier molecular flexibility index (Phi) is 3.81. The molecule has 0 amide bonds. The van der Waals surface area contributed by atoms with Crippen molar-refractivity contribution in [1.82, 2.24) is 4.98 Å². The number of rotatable bonds is 3. The van der Waals surface area contributed by atoms with Gasteiger partial charge in [-0.25, -0.2) is 4.98 Å². The first-order valence-electron chi connectivity index (χ1n) is 5.57. The molecule has 0 radical (unpaired) electrons. The standard InChI is InChI=1S/C14H12ClN3/c1-10(11-2-4-12(15)5-3-11)18-14-7-6-13(8-16)17-9-14/h2-7,9-10,18H,1H3. The predicted octanol–water partition coefficient (Wildman–Crippen LogP) is 3.78. The van der Waals surface area contributed by atoms with Crippen LogP contribution in [0.25, 0.3) is 0 Å². The summed E-state index contributed by atoms with van der Waals surface area (Å²) in [6.07, 6.45) is 1.66. The third-order valence-electron chi connectivity index (χ3n) is 2.63. The molecule has 3 nitrogen and oxygen atoms in total. The van der Waals surface area contributed by atoms with E-state index in [1.807, 2.05) is 36.4 Å². The van der Waals surface area contributed by atoms with Crippen molar-refractivity contribution in [3.63, 3.8) is 0 Å². The lowest BCUT2D eigenvalue weighted by Crippen LogP contribution is -2.06. The van der Waals surface area contributed by atoms with E-state index in [0.717, 1.165) is 16.3 Å². The fourth-order valence-electron chi connectivity index (χ4n) is 1.63. The number of anilines is 1. The predicted molar refractivity (Wildman–Crippen MR) is 72.4 cm³/mol. The topological polar surface area (TPSA) is 48.7 Å². The first kappa shape index (κ1) is 12.4. The van der Waals surface area contributed by atoms with Crippen molar-refractivity contribution in [2.24, 2.45) is 0 Å². The summed E-state index contributed by atoms with van der Waals surface area (Å²) in [6, 6.07) is 13.4. The number of nitriles is 1. The number of nitrogens with zero attached hydrogens (tertiary/aromatic N) is 2. The van der Waals surface area contributed by atoms with Gasteiger partial charge in [0.05, 0.1) is 11.9 Å². The Morgan fingerprint density at radius 2 is 1.94 bits per heavy atom. The van der Waals surface area contributed by atoms with Crippen LogP contribution in [0.4, 0.5) is 5.69 Å². The first-order valence-corrected chi connectivity index (χ1v) is 5.95. The minimum atomic E-state index is 0.150. The molecular formula is C14H12ClN3. The molecule has 1 atom stereocenters. The number of hydrogen-bond acceptors (Lipinski definition) is 3. The zero-order valence-corrected chi connectivity index (χ0v) is 10.6. The highest BCUT2D eigenvalue weighted by atomic mass is 35.5. The zero-order chi connectivity index (χ0) is 13.0. The summed E-state index contributed by atoms with van der Waals surface area (Å²) < 4.78 is 0. The average Bonchev–Trinajstić information content (AvgIpc) is 2.40. The van der Waals surface area contributed by atoms with Gasteiger partial charge in [-0.1, -0.05) is 23.7 Å². The van der Waals surface area contributed by atoms with Crippen LogP contribution in [0.5, 0.6) is 0 Å². The van der Waals surface area contributed by atoms with Crippen molar-refractivity contribution >= 4 is 17.3 Å². The Morgan fingerprint density at radius 3 is 2.50 bits per heavy atom. The molecule has 1 aromatic heterocycles. The van der Waals surface area contributed by atoms with Crippen molar-refractivity contribution in [3.05, 3.63) is 58.9 Å². The van der Waals surface area contributed by atoms with Crippen LogP contribution in [-0.4, -0.2) is 4.98 Å². The summed E-state index contributed by atoms with van der Waals surface area (Å²) in [6.45, 7) is 2.06. The lowest BCUT2D eigenvalue weighted by atomic mass is 10.1. The Morgan fingerprint density at radius 1 is 1.22 bits per heavy atom. The molecule has 90 valence electrons. The molecule has 0 bridgehead atoms. The fraction of sp³-hybridized carbons (Fsp3) is 0.143. The van der Waals surface area contributed by atoms with Gasteiger partial charge in [-0.05, 0) is 36.8 Å². The summed E-state index contributed by atoms with van der Waals surface area (Å²) in [5.41, 5.74) is 2.44. The minimum Gasteiger partial charge on any atom is -0.377 e. The van der Waals surface area contributed by atoms with Crippen molar-refractivity contribution in [2.75, 3.05) is 5.32 Å². The molecule has 2 aromatic rings. The zero-order valence-electron chi connectivity index (χ0n) is 9.89. The summed E-state index contributed by atoms with van der Waals surface area (Å²) in [4.78, 5) is 4.01. The third kappa shape index (κ3) is 2.99. The van der Waals surface area contributed by atoms with E-state index in [0.29, 0.717) is 5.69 Å². The van der Waals surface area contributed by atoms with E-state index in [9.17, 15) is 0 Å². The number of benzene rings is 1. The number of halogens is 1. The van der Waals surface area contributed by atoms with Crippen molar-refractivity contribution in [1.29, 1.82) is 5.26 Å². The Labute approximate surface area is 111 Å². The number of aromatic nitrogens is 1. The Bertz CT molecular complexity index is 555. The molecule has 4 heteroatoms. The second-order valence-corrected chi connectivity index (χ2v) is 4.40. The minimum absolute atomic E-state index is 0.150. The molecule has 18 heavy (non-hydrogen) atoms. The maximum absolute atomic E-state index is 8.67. The monoisotopic (exact) mass is 257 g/mol. The molecule has 2 rings (SSSR count). The van der Waals surface area contributed by atoms with Gasteiger partial charge in [0, 0.05) is 11.1 Å². The lowest BCUT2D eigenvalue weighted by molar-refractivity contribution is 0.883. The summed E-state index contributed by atoms with van der Waals surface area (Å²) in [5.74, 6) is 0. The molecule has 0 fully saturated rings. The number of hydrogen-bond donors (Lipinski definition) is 1. The molecule has 1 unspecified atom stereocenters. The molecular weight excluding hydrogens is 246 g/mol. The van der Waals surface area contributed by atoms with Crippen LogP contribution in [0.3, 0.4) is 0 Å². The smallest absolute Gasteiger partial charge is 0.140 e. The highest BCUT2D eigenvalue weighted by Gasteiger charge is 2.05. The SMILES string of the molecule is CC(Nc1ccc(C#N)nc1)c1ccc(Cl)cc1. The van der Waals surface area contributed by atoms with Crippen LogP contribution in [0.2, 0.25) is 5.02 Å². The Hall–Kier alpha value is -2.05. The van der Waals surface area contributed by atoms with E-state index in [2.05, 4.69) is 17.2 Å². The molecule has 0 saturated heterocycles. The van der Waals surface area contributed by atoms with E-state index in [1.54, 1.807) is 12.3 Å². The van der Waals surface area contributed by atoms with Gasteiger partial charge in [-0.2, -0.15) is 5.26 Å². The normalized spacial score (nSPS) is 11.6. The summed E-state index contributed by atoms with van der Waals surface area (Å²) in [5, 5.41) is 12.7. The highest BCUT2D eigenvalue weighted by Crippen LogP contribution is 2.20. The molecule has 1 heterocycles. The molecule has 0 aliphatic heterocycles. The van der Waals surface area contributed by atoms with Gasteiger partial charge in [-0.3, -0.25) is 0 Å². The van der Waals surface area contributed by atoms with Gasteiger partial charge >= 0.3 is 0 Å². The quantitative estimate of drug-likeness (QED) is 0.910.